The second-order valence-electron chi connectivity index (χ2n) is 3.55. The molecule has 0 spiro atoms. The second-order valence-corrected chi connectivity index (χ2v) is 3.55. The molecule has 0 heterocycles. The molecule has 4 nitrogen and oxygen atoms in total. The largest absolute Gasteiger partial charge is 0.372 e. The van der Waals surface area contributed by atoms with E-state index >= 15 is 0 Å². The van der Waals surface area contributed by atoms with Crippen LogP contribution in [-0.4, -0.2) is 10.5 Å². The van der Waals surface area contributed by atoms with Gasteiger partial charge in [-0.2, -0.15) is 0 Å². The fraction of sp³-hybridized carbons (Fsp3) is 0.143. The first-order chi connectivity index (χ1) is 8.86. The first-order valence-corrected chi connectivity index (χ1v) is 5.47. The second kappa shape index (κ2) is 9.32. The molecule has 0 aliphatic heterocycles. The van der Waals surface area contributed by atoms with E-state index in [0.717, 1.165) is 0 Å². The van der Waals surface area contributed by atoms with Gasteiger partial charge in [-0.15, -0.1) is 0 Å². The fourth-order valence-corrected chi connectivity index (χ4v) is 1.44. The molecule has 0 aliphatic carbocycles. The molecule has 2 aromatic carbocycles. The average molecular weight is 248 g/mol. The average Bonchev–Trinajstić information content (AvgIpc) is 2.42. The predicted molar refractivity (Wildman–Crippen MR) is 67.7 cm³/mol. The first kappa shape index (κ1) is 14.3. The topological polar surface area (TPSA) is 58.9 Å². The van der Waals surface area contributed by atoms with E-state index in [1.165, 1.54) is 11.1 Å². The Morgan fingerprint density at radius 3 is 1.33 bits per heavy atom. The summed E-state index contributed by atoms with van der Waals surface area (Å²) < 4.78 is 5.61. The molecule has 0 aromatic heterocycles. The Morgan fingerprint density at radius 1 is 0.667 bits per heavy atom. The van der Waals surface area contributed by atoms with E-state index in [9.17, 15) is 0 Å². The van der Waals surface area contributed by atoms with Crippen LogP contribution in [0, 0.1) is 0 Å². The lowest BCUT2D eigenvalue weighted by Gasteiger charge is -2.03. The zero-order chi connectivity index (χ0) is 13.1. The van der Waals surface area contributed by atoms with E-state index < -0.39 is 0 Å². The third kappa shape index (κ3) is 6.12. The van der Waals surface area contributed by atoms with Crippen molar-refractivity contribution in [3.05, 3.63) is 71.8 Å². The standard InChI is InChI=1S/C14H14O.H2O3/c1-3-7-13(8-4-1)11-15-12-14-9-5-2-6-10-14;1-3-2/h1-10H,11-12H2;1-2H. The SMILES string of the molecule is OOO.c1ccc(COCc2ccccc2)cc1. The zero-order valence-corrected chi connectivity index (χ0v) is 9.90. The summed E-state index contributed by atoms with van der Waals surface area (Å²) in [5, 5.41) is 15.5. The van der Waals surface area contributed by atoms with Crippen LogP contribution in [0.5, 0.6) is 0 Å². The molecular weight excluding hydrogens is 232 g/mol. The predicted octanol–water partition coefficient (Wildman–Crippen LogP) is 3.35. The molecule has 0 radical (unpaired) electrons. The van der Waals surface area contributed by atoms with E-state index in [4.69, 9.17) is 15.3 Å². The highest BCUT2D eigenvalue weighted by molar-refractivity contribution is 5.15. The van der Waals surface area contributed by atoms with Crippen molar-refractivity contribution in [2.45, 2.75) is 13.2 Å². The van der Waals surface area contributed by atoms with Crippen LogP contribution >= 0.6 is 0 Å². The lowest BCUT2D eigenvalue weighted by atomic mass is 10.2. The minimum absolute atomic E-state index is 0.676. The van der Waals surface area contributed by atoms with Crippen molar-refractivity contribution in [2.75, 3.05) is 0 Å². The van der Waals surface area contributed by atoms with Gasteiger partial charge in [-0.3, -0.25) is 0 Å². The summed E-state index contributed by atoms with van der Waals surface area (Å²) >= 11 is 0. The van der Waals surface area contributed by atoms with Gasteiger partial charge >= 0.3 is 0 Å². The normalized spacial score (nSPS) is 9.44. The van der Waals surface area contributed by atoms with Gasteiger partial charge in [0.05, 0.1) is 13.2 Å². The van der Waals surface area contributed by atoms with E-state index in [-0.39, 0.29) is 0 Å². The summed E-state index contributed by atoms with van der Waals surface area (Å²) in [6, 6.07) is 20.4. The van der Waals surface area contributed by atoms with Crippen LogP contribution in [-0.2, 0) is 23.0 Å². The molecule has 0 saturated heterocycles. The third-order valence-corrected chi connectivity index (χ3v) is 2.22. The van der Waals surface area contributed by atoms with Crippen molar-refractivity contribution in [3.63, 3.8) is 0 Å². The Hall–Kier alpha value is -1.72. The van der Waals surface area contributed by atoms with Crippen LogP contribution in [0.1, 0.15) is 11.1 Å². The first-order valence-electron chi connectivity index (χ1n) is 5.47. The molecule has 0 saturated carbocycles. The molecule has 0 bridgehead atoms. The summed E-state index contributed by atoms with van der Waals surface area (Å²) in [5.74, 6) is 0. The molecule has 0 amide bonds. The molecule has 0 fully saturated rings. The van der Waals surface area contributed by atoms with Crippen LogP contribution < -0.4 is 0 Å². The van der Waals surface area contributed by atoms with Crippen molar-refractivity contribution < 1.29 is 20.3 Å². The van der Waals surface area contributed by atoms with Gasteiger partial charge in [0.25, 0.3) is 0 Å². The van der Waals surface area contributed by atoms with E-state index in [1.54, 1.807) is 0 Å². The van der Waals surface area contributed by atoms with Crippen LogP contribution in [0.3, 0.4) is 0 Å². The minimum Gasteiger partial charge on any atom is -0.372 e. The van der Waals surface area contributed by atoms with Crippen LogP contribution in [0.15, 0.2) is 60.7 Å². The van der Waals surface area contributed by atoms with E-state index in [1.807, 2.05) is 36.4 Å². The van der Waals surface area contributed by atoms with Crippen LogP contribution in [0.4, 0.5) is 0 Å². The van der Waals surface area contributed by atoms with Crippen molar-refractivity contribution in [2.24, 2.45) is 0 Å². The van der Waals surface area contributed by atoms with Gasteiger partial charge in [-0.25, -0.2) is 10.5 Å². The van der Waals surface area contributed by atoms with Crippen molar-refractivity contribution in [3.8, 4) is 0 Å². The quantitative estimate of drug-likeness (QED) is 0.643. The Labute approximate surface area is 106 Å². The van der Waals surface area contributed by atoms with Crippen molar-refractivity contribution in [1.29, 1.82) is 0 Å². The van der Waals surface area contributed by atoms with Crippen LogP contribution in [0.25, 0.3) is 0 Å². The van der Waals surface area contributed by atoms with E-state index in [0.29, 0.717) is 13.2 Å². The summed E-state index contributed by atoms with van der Waals surface area (Å²) in [6.45, 7) is 1.35. The fourth-order valence-electron chi connectivity index (χ4n) is 1.44. The third-order valence-electron chi connectivity index (χ3n) is 2.22. The molecule has 2 N–H and O–H groups in total. The summed E-state index contributed by atoms with van der Waals surface area (Å²) in [5.41, 5.74) is 2.43. The lowest BCUT2D eigenvalue weighted by Crippen LogP contribution is -1.93. The molecular formula is C14H16O4. The Kier molecular flexibility index (Phi) is 7.43. The summed E-state index contributed by atoms with van der Waals surface area (Å²) in [7, 11) is 0. The highest BCUT2D eigenvalue weighted by Crippen LogP contribution is 2.05. The molecule has 96 valence electrons. The zero-order valence-electron chi connectivity index (χ0n) is 9.90. The molecule has 0 unspecified atom stereocenters. The molecule has 0 aliphatic rings. The monoisotopic (exact) mass is 248 g/mol. The Morgan fingerprint density at radius 2 is 1.00 bits per heavy atom. The van der Waals surface area contributed by atoms with Crippen molar-refractivity contribution in [1.82, 2.24) is 0 Å². The molecule has 4 heteroatoms. The van der Waals surface area contributed by atoms with Gasteiger partial charge in [-0.05, 0) is 11.1 Å². The lowest BCUT2D eigenvalue weighted by molar-refractivity contribution is -0.465. The minimum atomic E-state index is 0.676. The molecule has 2 rings (SSSR count). The number of hydrogen-bond acceptors (Lipinski definition) is 4. The van der Waals surface area contributed by atoms with Crippen molar-refractivity contribution >= 4 is 0 Å². The van der Waals surface area contributed by atoms with Gasteiger partial charge < -0.3 is 4.74 Å². The van der Waals surface area contributed by atoms with E-state index in [2.05, 4.69) is 29.3 Å². The summed E-state index contributed by atoms with van der Waals surface area (Å²) in [4.78, 5) is 0. The molecule has 18 heavy (non-hydrogen) atoms. The number of hydrogen-bond donors (Lipinski definition) is 2. The maximum Gasteiger partial charge on any atom is 0.0721 e. The number of rotatable bonds is 4. The molecule has 0 atom stereocenters. The van der Waals surface area contributed by atoms with Gasteiger partial charge in [0, 0.05) is 0 Å². The van der Waals surface area contributed by atoms with Crippen LogP contribution in [0.2, 0.25) is 0 Å². The van der Waals surface area contributed by atoms with Gasteiger partial charge in [0.1, 0.15) is 0 Å². The smallest absolute Gasteiger partial charge is 0.0721 e. The highest BCUT2D eigenvalue weighted by atomic mass is 17.4. The highest BCUT2D eigenvalue weighted by Gasteiger charge is 1.93. The maximum absolute atomic E-state index is 6.62. The number of ether oxygens (including phenoxy) is 1. The Bertz CT molecular complexity index is 363. The Balaban J connectivity index is 0.000000492. The van der Waals surface area contributed by atoms with Gasteiger partial charge in [0.15, 0.2) is 0 Å². The van der Waals surface area contributed by atoms with Gasteiger partial charge in [-0.1, -0.05) is 65.7 Å². The molecule has 2 aromatic rings. The summed E-state index contributed by atoms with van der Waals surface area (Å²) in [6.07, 6.45) is 0. The number of benzene rings is 2. The maximum atomic E-state index is 6.62. The van der Waals surface area contributed by atoms with Gasteiger partial charge in [0.2, 0.25) is 0 Å².